The van der Waals surface area contributed by atoms with Crippen LogP contribution in [0.25, 0.3) is 0 Å². The third kappa shape index (κ3) is 5.22. The van der Waals surface area contributed by atoms with Crippen LogP contribution in [0.5, 0.6) is 0 Å². The zero-order chi connectivity index (χ0) is 17.6. The van der Waals surface area contributed by atoms with Gasteiger partial charge in [-0.1, -0.05) is 37.3 Å². The maximum Gasteiger partial charge on any atom is 0.194 e. The molecule has 1 aromatic heterocycles. The third-order valence-corrected chi connectivity index (χ3v) is 4.94. The first-order valence-electron chi connectivity index (χ1n) is 9.23. The largest absolute Gasteiger partial charge is 0.357 e. The van der Waals surface area contributed by atoms with Crippen LogP contribution in [-0.2, 0) is 13.6 Å². The molecule has 0 spiro atoms. The zero-order valence-corrected chi connectivity index (χ0v) is 18.3. The van der Waals surface area contributed by atoms with Crippen LogP contribution in [0.4, 0.5) is 0 Å². The van der Waals surface area contributed by atoms with Gasteiger partial charge in [0, 0.05) is 38.4 Å². The molecule has 1 fully saturated rings. The minimum Gasteiger partial charge on any atom is -0.357 e. The van der Waals surface area contributed by atoms with E-state index in [4.69, 9.17) is 4.99 Å². The SMILES string of the molecule is CCNC(=NCc1cnn(C)c1)N1CCC(c2ccccc2)C(C)C1.I. The lowest BCUT2D eigenvalue weighted by Crippen LogP contribution is -2.48. The Balaban J connectivity index is 0.00000243. The average Bonchev–Trinajstić information content (AvgIpc) is 3.04. The molecule has 0 radical (unpaired) electrons. The Bertz CT molecular complexity index is 697. The number of rotatable bonds is 4. The fourth-order valence-corrected chi connectivity index (χ4v) is 3.68. The van der Waals surface area contributed by atoms with Crippen molar-refractivity contribution in [1.82, 2.24) is 20.0 Å². The van der Waals surface area contributed by atoms with Crippen molar-refractivity contribution >= 4 is 29.9 Å². The Morgan fingerprint density at radius 1 is 1.31 bits per heavy atom. The third-order valence-electron chi connectivity index (χ3n) is 4.94. The average molecular weight is 467 g/mol. The fraction of sp³-hybridized carbons (Fsp3) is 0.500. The summed E-state index contributed by atoms with van der Waals surface area (Å²) in [6, 6.07) is 10.9. The molecule has 26 heavy (non-hydrogen) atoms. The second kappa shape index (κ2) is 9.94. The molecule has 1 N–H and O–H groups in total. The van der Waals surface area contributed by atoms with Crippen LogP contribution in [0.3, 0.4) is 0 Å². The topological polar surface area (TPSA) is 45.5 Å². The minimum absolute atomic E-state index is 0. The van der Waals surface area contributed by atoms with Gasteiger partial charge in [-0.3, -0.25) is 4.68 Å². The number of aryl methyl sites for hydroxylation is 1. The van der Waals surface area contributed by atoms with E-state index in [-0.39, 0.29) is 24.0 Å². The first-order chi connectivity index (χ1) is 12.2. The summed E-state index contributed by atoms with van der Waals surface area (Å²) >= 11 is 0. The standard InChI is InChI=1S/C20H29N5.HI/c1-4-21-20(22-12-17-13-23-24(3)15-17)25-11-10-19(16(2)14-25)18-8-6-5-7-9-18;/h5-9,13,15-16,19H,4,10-12,14H2,1-3H3,(H,21,22);1H. The van der Waals surface area contributed by atoms with E-state index in [2.05, 4.69) is 59.5 Å². The van der Waals surface area contributed by atoms with E-state index in [0.717, 1.165) is 31.2 Å². The highest BCUT2D eigenvalue weighted by Crippen LogP contribution is 2.32. The number of guanidine groups is 1. The normalized spacial score (nSPS) is 20.6. The molecule has 1 aromatic carbocycles. The van der Waals surface area contributed by atoms with Gasteiger partial charge in [-0.15, -0.1) is 24.0 Å². The van der Waals surface area contributed by atoms with Gasteiger partial charge in [0.25, 0.3) is 0 Å². The second-order valence-corrected chi connectivity index (χ2v) is 6.92. The Morgan fingerprint density at radius 3 is 2.69 bits per heavy atom. The van der Waals surface area contributed by atoms with E-state index in [0.29, 0.717) is 18.4 Å². The Labute approximate surface area is 173 Å². The lowest BCUT2D eigenvalue weighted by atomic mass is 9.82. The number of halogens is 1. The van der Waals surface area contributed by atoms with Crippen LogP contribution in [0.2, 0.25) is 0 Å². The van der Waals surface area contributed by atoms with E-state index in [1.54, 1.807) is 0 Å². The number of aromatic nitrogens is 2. The molecule has 2 atom stereocenters. The van der Waals surface area contributed by atoms with Crippen LogP contribution < -0.4 is 5.32 Å². The van der Waals surface area contributed by atoms with Gasteiger partial charge >= 0.3 is 0 Å². The lowest BCUT2D eigenvalue weighted by molar-refractivity contribution is 0.234. The molecule has 142 valence electrons. The summed E-state index contributed by atoms with van der Waals surface area (Å²) in [7, 11) is 1.94. The van der Waals surface area contributed by atoms with Crippen LogP contribution in [0.15, 0.2) is 47.7 Å². The van der Waals surface area contributed by atoms with Crippen molar-refractivity contribution in [3.8, 4) is 0 Å². The summed E-state index contributed by atoms with van der Waals surface area (Å²) in [6.07, 6.45) is 5.08. The zero-order valence-electron chi connectivity index (χ0n) is 15.9. The number of hydrogen-bond acceptors (Lipinski definition) is 2. The van der Waals surface area contributed by atoms with Crippen molar-refractivity contribution < 1.29 is 0 Å². The number of piperidine rings is 1. The van der Waals surface area contributed by atoms with Crippen molar-refractivity contribution in [1.29, 1.82) is 0 Å². The van der Waals surface area contributed by atoms with E-state index < -0.39 is 0 Å². The first kappa shape index (κ1) is 20.7. The van der Waals surface area contributed by atoms with Crippen LogP contribution in [-0.4, -0.2) is 40.3 Å². The molecule has 0 bridgehead atoms. The summed E-state index contributed by atoms with van der Waals surface area (Å²) < 4.78 is 1.82. The molecule has 1 aliphatic rings. The molecule has 2 aromatic rings. The number of nitrogens with zero attached hydrogens (tertiary/aromatic N) is 4. The Morgan fingerprint density at radius 2 is 2.08 bits per heavy atom. The van der Waals surface area contributed by atoms with Crippen LogP contribution in [0.1, 0.15) is 37.3 Å². The van der Waals surface area contributed by atoms with E-state index in [1.807, 2.05) is 24.1 Å². The highest BCUT2D eigenvalue weighted by atomic mass is 127. The van der Waals surface area contributed by atoms with E-state index in [1.165, 1.54) is 12.0 Å². The first-order valence-corrected chi connectivity index (χ1v) is 9.23. The molecule has 0 amide bonds. The smallest absolute Gasteiger partial charge is 0.194 e. The molecular weight excluding hydrogens is 437 g/mol. The predicted molar refractivity (Wildman–Crippen MR) is 118 cm³/mol. The maximum absolute atomic E-state index is 4.83. The number of aliphatic imine (C=N–C) groups is 1. The molecule has 2 heterocycles. The second-order valence-electron chi connectivity index (χ2n) is 6.92. The van der Waals surface area contributed by atoms with Gasteiger partial charge in [-0.05, 0) is 30.7 Å². The summed E-state index contributed by atoms with van der Waals surface area (Å²) in [5.41, 5.74) is 2.61. The van der Waals surface area contributed by atoms with Gasteiger partial charge in [0.05, 0.1) is 12.7 Å². The van der Waals surface area contributed by atoms with E-state index >= 15 is 0 Å². The van der Waals surface area contributed by atoms with Gasteiger partial charge in [0.1, 0.15) is 0 Å². The summed E-state index contributed by atoms with van der Waals surface area (Å²) in [5, 5.41) is 7.68. The number of likely N-dealkylation sites (tertiary alicyclic amines) is 1. The molecule has 6 heteroatoms. The predicted octanol–water partition coefficient (Wildman–Crippen LogP) is 3.63. The molecule has 1 aliphatic heterocycles. The Kier molecular flexibility index (Phi) is 7.93. The van der Waals surface area contributed by atoms with E-state index in [9.17, 15) is 0 Å². The quantitative estimate of drug-likeness (QED) is 0.425. The van der Waals surface area contributed by atoms with Crippen molar-refractivity contribution in [2.45, 2.75) is 32.7 Å². The van der Waals surface area contributed by atoms with Crippen LogP contribution in [0, 0.1) is 5.92 Å². The minimum atomic E-state index is 0. The van der Waals surface area contributed by atoms with Gasteiger partial charge < -0.3 is 10.2 Å². The molecule has 5 nitrogen and oxygen atoms in total. The van der Waals surface area contributed by atoms with Crippen LogP contribution >= 0.6 is 24.0 Å². The van der Waals surface area contributed by atoms with Crippen molar-refractivity contribution in [2.75, 3.05) is 19.6 Å². The molecule has 0 saturated carbocycles. The van der Waals surface area contributed by atoms with Gasteiger partial charge in [-0.25, -0.2) is 4.99 Å². The molecule has 3 rings (SSSR count). The summed E-state index contributed by atoms with van der Waals surface area (Å²) in [5.74, 6) is 2.27. The lowest BCUT2D eigenvalue weighted by Gasteiger charge is -2.39. The van der Waals surface area contributed by atoms with Gasteiger partial charge in [0.2, 0.25) is 0 Å². The fourth-order valence-electron chi connectivity index (χ4n) is 3.68. The van der Waals surface area contributed by atoms with Crippen molar-refractivity contribution in [3.63, 3.8) is 0 Å². The summed E-state index contributed by atoms with van der Waals surface area (Å²) in [6.45, 7) is 8.12. The number of nitrogens with one attached hydrogen (secondary N) is 1. The molecule has 0 aliphatic carbocycles. The van der Waals surface area contributed by atoms with Gasteiger partial charge in [0.15, 0.2) is 5.96 Å². The summed E-state index contributed by atoms with van der Waals surface area (Å²) in [4.78, 5) is 7.24. The molecular formula is C20H30IN5. The Hall–Kier alpha value is -1.57. The van der Waals surface area contributed by atoms with Crippen molar-refractivity contribution in [3.05, 3.63) is 53.9 Å². The number of hydrogen-bond donors (Lipinski definition) is 1. The van der Waals surface area contributed by atoms with Gasteiger partial charge in [-0.2, -0.15) is 5.10 Å². The highest BCUT2D eigenvalue weighted by molar-refractivity contribution is 14.0. The monoisotopic (exact) mass is 467 g/mol. The highest BCUT2D eigenvalue weighted by Gasteiger charge is 2.28. The maximum atomic E-state index is 4.83. The molecule has 1 saturated heterocycles. The number of benzene rings is 1. The van der Waals surface area contributed by atoms with Crippen molar-refractivity contribution in [2.24, 2.45) is 18.0 Å². The molecule has 2 unspecified atom stereocenters.